The number of fused-ring (bicyclic) bond motifs is 2. The molecule has 3 aromatic rings. The summed E-state index contributed by atoms with van der Waals surface area (Å²) in [7, 11) is -8.36. The van der Waals surface area contributed by atoms with Crippen molar-refractivity contribution in [2.24, 2.45) is 29.1 Å². The summed E-state index contributed by atoms with van der Waals surface area (Å²) in [6.07, 6.45) is 5.19. The first kappa shape index (κ1) is 23.7. The lowest BCUT2D eigenvalue weighted by atomic mass is 9.88. The highest BCUT2D eigenvalue weighted by molar-refractivity contribution is 8.10. The van der Waals surface area contributed by atoms with E-state index in [1.807, 2.05) is 18.2 Å². The van der Waals surface area contributed by atoms with Crippen LogP contribution in [0, 0.1) is 29.1 Å². The molecule has 4 nitrogen and oxygen atoms in total. The van der Waals surface area contributed by atoms with E-state index in [0.29, 0.717) is 17.8 Å². The normalized spacial score (nSPS) is 33.8. The third kappa shape index (κ3) is 3.12. The SMILES string of the molecule is O=S(=O)(c1ccccc1)C1(S(=O)(=O)c2ccccc2)C[C@@H]2[C@H](c3ccccc3)[C@]2(C2[C@H]3CCCC[C@@H]23)C1. The van der Waals surface area contributed by atoms with Crippen LogP contribution >= 0.6 is 0 Å². The van der Waals surface area contributed by atoms with Crippen molar-refractivity contribution in [1.29, 1.82) is 0 Å². The maximum absolute atomic E-state index is 14.5. The Hall–Kier alpha value is -2.44. The monoisotopic (exact) mass is 532 g/mol. The first-order chi connectivity index (χ1) is 17.8. The minimum Gasteiger partial charge on any atom is -0.222 e. The van der Waals surface area contributed by atoms with E-state index in [0.717, 1.165) is 0 Å². The number of sulfone groups is 2. The highest BCUT2D eigenvalue weighted by Crippen LogP contribution is 2.86. The molecule has 4 aliphatic carbocycles. The lowest BCUT2D eigenvalue weighted by Gasteiger charge is -2.33. The molecule has 0 aliphatic heterocycles. The van der Waals surface area contributed by atoms with Gasteiger partial charge < -0.3 is 0 Å². The van der Waals surface area contributed by atoms with Crippen LogP contribution in [0.1, 0.15) is 50.0 Å². The molecule has 1 unspecified atom stereocenters. The molecule has 0 amide bonds. The second-order valence-corrected chi connectivity index (χ2v) is 16.4. The van der Waals surface area contributed by atoms with Crippen LogP contribution in [0.4, 0.5) is 0 Å². The van der Waals surface area contributed by atoms with Gasteiger partial charge in [0.05, 0.1) is 9.79 Å². The third-order valence-corrected chi connectivity index (χ3v) is 15.9. The van der Waals surface area contributed by atoms with E-state index in [-0.39, 0.29) is 39.9 Å². The Kier molecular flexibility index (Phi) is 5.14. The molecule has 7 rings (SSSR count). The molecule has 192 valence electrons. The molecular weight excluding hydrogens is 500 g/mol. The van der Waals surface area contributed by atoms with Gasteiger partial charge in [-0.15, -0.1) is 0 Å². The lowest BCUT2D eigenvalue weighted by Crippen LogP contribution is -2.46. The van der Waals surface area contributed by atoms with Crippen molar-refractivity contribution in [3.8, 4) is 0 Å². The Balaban J connectivity index is 1.41. The smallest absolute Gasteiger partial charge is 0.198 e. The van der Waals surface area contributed by atoms with Crippen LogP contribution in [-0.2, 0) is 19.7 Å². The van der Waals surface area contributed by atoms with E-state index >= 15 is 0 Å². The van der Waals surface area contributed by atoms with Crippen LogP contribution in [0.5, 0.6) is 0 Å². The molecule has 0 saturated heterocycles. The van der Waals surface area contributed by atoms with Gasteiger partial charge in [0.15, 0.2) is 23.8 Å². The Morgan fingerprint density at radius 3 is 1.57 bits per heavy atom. The van der Waals surface area contributed by atoms with Gasteiger partial charge in [-0.25, -0.2) is 16.8 Å². The maximum atomic E-state index is 14.5. The zero-order valence-electron chi connectivity index (χ0n) is 20.7. The summed E-state index contributed by atoms with van der Waals surface area (Å²) in [5.74, 6) is 1.93. The fraction of sp³-hybridized carbons (Fsp3) is 0.419. The second kappa shape index (κ2) is 8.03. The molecule has 0 bridgehead atoms. The minimum atomic E-state index is -4.18. The first-order valence-corrected chi connectivity index (χ1v) is 16.5. The molecule has 0 radical (unpaired) electrons. The van der Waals surface area contributed by atoms with Crippen LogP contribution in [0.15, 0.2) is 101 Å². The minimum absolute atomic E-state index is 0.0578. The largest absolute Gasteiger partial charge is 0.222 e. The predicted molar refractivity (Wildman–Crippen MR) is 143 cm³/mol. The zero-order valence-corrected chi connectivity index (χ0v) is 22.4. The number of hydrogen-bond acceptors (Lipinski definition) is 4. The molecule has 0 N–H and O–H groups in total. The number of benzene rings is 3. The molecule has 0 spiro atoms. The molecule has 4 saturated carbocycles. The standard InChI is InChI=1S/C31H32O4S2/c32-36(33,23-14-6-2-7-15-23)30(37(34,35)24-16-8-3-9-17-24)20-27-28(22-12-4-1-5-13-22)31(27,21-30)29-25-18-10-11-19-26(25)29/h1-9,12-17,25-29H,10-11,18-21H2/t25-,26+,27-,28+,29?,31+/m1/s1. The van der Waals surface area contributed by atoms with Gasteiger partial charge in [-0.2, -0.15) is 0 Å². The van der Waals surface area contributed by atoms with E-state index < -0.39 is 23.8 Å². The molecule has 37 heavy (non-hydrogen) atoms. The topological polar surface area (TPSA) is 68.3 Å². The summed E-state index contributed by atoms with van der Waals surface area (Å²) < 4.78 is 56.2. The molecule has 3 aromatic carbocycles. The summed E-state index contributed by atoms with van der Waals surface area (Å²) in [5.41, 5.74) is 0.962. The van der Waals surface area contributed by atoms with Crippen molar-refractivity contribution in [2.75, 3.05) is 0 Å². The van der Waals surface area contributed by atoms with E-state index in [4.69, 9.17) is 0 Å². The van der Waals surface area contributed by atoms with E-state index in [2.05, 4.69) is 12.1 Å². The van der Waals surface area contributed by atoms with Crippen molar-refractivity contribution < 1.29 is 16.8 Å². The van der Waals surface area contributed by atoms with Crippen molar-refractivity contribution in [2.45, 2.75) is 58.3 Å². The summed E-state index contributed by atoms with van der Waals surface area (Å²) in [4.78, 5) is 0.214. The van der Waals surface area contributed by atoms with Crippen LogP contribution in [0.3, 0.4) is 0 Å². The van der Waals surface area contributed by atoms with Gasteiger partial charge in [-0.1, -0.05) is 79.6 Å². The van der Waals surface area contributed by atoms with Crippen molar-refractivity contribution in [3.05, 3.63) is 96.6 Å². The highest BCUT2D eigenvalue weighted by atomic mass is 32.3. The molecule has 6 heteroatoms. The predicted octanol–water partition coefficient (Wildman–Crippen LogP) is 6.26. The lowest BCUT2D eigenvalue weighted by molar-refractivity contribution is 0.358. The molecule has 6 atom stereocenters. The van der Waals surface area contributed by atoms with E-state index in [1.165, 1.54) is 31.2 Å². The van der Waals surface area contributed by atoms with Crippen LogP contribution in [0.25, 0.3) is 0 Å². The second-order valence-electron chi connectivity index (χ2n) is 11.7. The van der Waals surface area contributed by atoms with Crippen molar-refractivity contribution >= 4 is 19.7 Å². The van der Waals surface area contributed by atoms with Crippen LogP contribution in [0.2, 0.25) is 0 Å². The van der Waals surface area contributed by atoms with Crippen LogP contribution in [-0.4, -0.2) is 20.9 Å². The van der Waals surface area contributed by atoms with Gasteiger partial charge in [0.1, 0.15) is 0 Å². The van der Waals surface area contributed by atoms with Gasteiger partial charge >= 0.3 is 0 Å². The zero-order chi connectivity index (χ0) is 25.5. The summed E-state index contributed by atoms with van der Waals surface area (Å²) >= 11 is 0. The average Bonchev–Trinajstić information content (AvgIpc) is 3.79. The van der Waals surface area contributed by atoms with E-state index in [1.54, 1.807) is 60.7 Å². The molecule has 0 heterocycles. The van der Waals surface area contributed by atoms with Crippen LogP contribution < -0.4 is 0 Å². The average molecular weight is 533 g/mol. The maximum Gasteiger partial charge on any atom is 0.198 e. The van der Waals surface area contributed by atoms with Gasteiger partial charge in [-0.3, -0.25) is 0 Å². The highest BCUT2D eigenvalue weighted by Gasteiger charge is 2.84. The fourth-order valence-electron chi connectivity index (χ4n) is 8.71. The van der Waals surface area contributed by atoms with Gasteiger partial charge in [-0.05, 0) is 90.5 Å². The van der Waals surface area contributed by atoms with Crippen molar-refractivity contribution in [1.82, 2.24) is 0 Å². The molecule has 0 aromatic heterocycles. The fourth-order valence-corrected chi connectivity index (χ4v) is 14.0. The van der Waals surface area contributed by atoms with Gasteiger partial charge in [0, 0.05) is 0 Å². The molecular formula is C31H32O4S2. The molecule has 4 fully saturated rings. The third-order valence-electron chi connectivity index (χ3n) is 10.2. The summed E-state index contributed by atoms with van der Waals surface area (Å²) in [5, 5.41) is 0. The van der Waals surface area contributed by atoms with E-state index in [9.17, 15) is 16.8 Å². The quantitative estimate of drug-likeness (QED) is 0.376. The number of hydrogen-bond donors (Lipinski definition) is 0. The summed E-state index contributed by atoms with van der Waals surface area (Å²) in [6.45, 7) is 0. The Morgan fingerprint density at radius 1 is 0.622 bits per heavy atom. The van der Waals surface area contributed by atoms with Crippen molar-refractivity contribution in [3.63, 3.8) is 0 Å². The summed E-state index contributed by atoms with van der Waals surface area (Å²) in [6, 6.07) is 26.9. The number of rotatable bonds is 6. The Bertz CT molecular complexity index is 1450. The Labute approximate surface area is 220 Å². The molecule has 4 aliphatic rings. The van der Waals surface area contributed by atoms with Gasteiger partial charge in [0.25, 0.3) is 0 Å². The first-order valence-electron chi connectivity index (χ1n) is 13.5. The van der Waals surface area contributed by atoms with Gasteiger partial charge in [0.2, 0.25) is 0 Å². The Morgan fingerprint density at radius 2 is 1.08 bits per heavy atom.